The van der Waals surface area contributed by atoms with Gasteiger partial charge in [0, 0.05) is 22.3 Å². The summed E-state index contributed by atoms with van der Waals surface area (Å²) in [7, 11) is 1.65. The molecule has 0 aliphatic heterocycles. The second-order valence-corrected chi connectivity index (χ2v) is 5.94. The highest BCUT2D eigenvalue weighted by atomic mass is 32.1. The minimum atomic E-state index is 0.356. The first kappa shape index (κ1) is 14.9. The highest BCUT2D eigenvalue weighted by Crippen LogP contribution is 2.25. The molecule has 1 aromatic carbocycles. The molecule has 0 aliphatic rings. The van der Waals surface area contributed by atoms with Crippen LogP contribution < -0.4 is 14.8 Å². The molecule has 0 radical (unpaired) electrons. The highest BCUT2D eigenvalue weighted by molar-refractivity contribution is 7.12. The Hall–Kier alpha value is -1.52. The zero-order valence-electron chi connectivity index (χ0n) is 12.2. The summed E-state index contributed by atoms with van der Waals surface area (Å²) in [6, 6.07) is 12.4. The van der Waals surface area contributed by atoms with Crippen molar-refractivity contribution in [2.75, 3.05) is 20.3 Å². The second-order valence-electron chi connectivity index (χ2n) is 4.62. The molecule has 0 fully saturated rings. The summed E-state index contributed by atoms with van der Waals surface area (Å²) in [6.07, 6.45) is 0. The lowest BCUT2D eigenvalue weighted by Crippen LogP contribution is -2.23. The van der Waals surface area contributed by atoms with Crippen LogP contribution >= 0.6 is 11.3 Å². The molecular formula is C16H21NO2S. The minimum Gasteiger partial charge on any atom is -0.493 e. The van der Waals surface area contributed by atoms with Gasteiger partial charge in [-0.05, 0) is 38.1 Å². The standard InChI is InChI=1S/C16H21NO2S/c1-12-8-9-16(20-12)13(2)17-10-11-19-15-7-5-4-6-14(15)18-3/h4-9,13,17H,10-11H2,1-3H3. The molecule has 1 unspecified atom stereocenters. The number of benzene rings is 1. The summed E-state index contributed by atoms with van der Waals surface area (Å²) in [5, 5.41) is 3.46. The van der Waals surface area contributed by atoms with Crippen molar-refractivity contribution < 1.29 is 9.47 Å². The minimum absolute atomic E-state index is 0.356. The molecule has 1 N–H and O–H groups in total. The highest BCUT2D eigenvalue weighted by Gasteiger charge is 2.07. The topological polar surface area (TPSA) is 30.5 Å². The van der Waals surface area contributed by atoms with E-state index in [9.17, 15) is 0 Å². The summed E-state index contributed by atoms with van der Waals surface area (Å²) in [6.45, 7) is 5.73. The SMILES string of the molecule is COc1ccccc1OCCNC(C)c1ccc(C)s1. The predicted molar refractivity (Wildman–Crippen MR) is 84.0 cm³/mol. The molecule has 1 heterocycles. The first-order chi connectivity index (χ1) is 9.70. The van der Waals surface area contributed by atoms with E-state index in [4.69, 9.17) is 9.47 Å². The van der Waals surface area contributed by atoms with E-state index in [0.717, 1.165) is 18.0 Å². The Labute approximate surface area is 124 Å². The van der Waals surface area contributed by atoms with Crippen molar-refractivity contribution >= 4 is 11.3 Å². The van der Waals surface area contributed by atoms with Gasteiger partial charge in [-0.1, -0.05) is 12.1 Å². The van der Waals surface area contributed by atoms with Gasteiger partial charge in [-0.25, -0.2) is 0 Å². The van der Waals surface area contributed by atoms with Crippen molar-refractivity contribution in [1.29, 1.82) is 0 Å². The number of para-hydroxylation sites is 2. The third-order valence-electron chi connectivity index (χ3n) is 3.07. The molecule has 4 heteroatoms. The van der Waals surface area contributed by atoms with Crippen LogP contribution in [0, 0.1) is 6.92 Å². The maximum absolute atomic E-state index is 5.74. The van der Waals surface area contributed by atoms with E-state index >= 15 is 0 Å². The fourth-order valence-electron chi connectivity index (χ4n) is 1.96. The number of ether oxygens (including phenoxy) is 2. The van der Waals surface area contributed by atoms with Crippen LogP contribution in [0.25, 0.3) is 0 Å². The molecular weight excluding hydrogens is 270 g/mol. The average Bonchev–Trinajstić information content (AvgIpc) is 2.90. The summed E-state index contributed by atoms with van der Waals surface area (Å²) in [5.74, 6) is 1.56. The first-order valence-electron chi connectivity index (χ1n) is 6.76. The largest absolute Gasteiger partial charge is 0.493 e. The molecule has 1 atom stereocenters. The van der Waals surface area contributed by atoms with E-state index in [1.54, 1.807) is 7.11 Å². The molecule has 2 rings (SSSR count). The van der Waals surface area contributed by atoms with Crippen molar-refractivity contribution in [3.05, 3.63) is 46.2 Å². The van der Waals surface area contributed by atoms with Gasteiger partial charge in [0.15, 0.2) is 11.5 Å². The number of thiophene rings is 1. The van der Waals surface area contributed by atoms with Crippen LogP contribution in [-0.4, -0.2) is 20.3 Å². The Morgan fingerprint density at radius 2 is 1.90 bits per heavy atom. The summed E-state index contributed by atoms with van der Waals surface area (Å²) >= 11 is 1.83. The molecule has 0 bridgehead atoms. The van der Waals surface area contributed by atoms with Gasteiger partial charge in [-0.2, -0.15) is 0 Å². The van der Waals surface area contributed by atoms with Crippen LogP contribution in [0.5, 0.6) is 11.5 Å². The van der Waals surface area contributed by atoms with Crippen LogP contribution in [-0.2, 0) is 0 Å². The summed E-state index contributed by atoms with van der Waals surface area (Å²) in [4.78, 5) is 2.71. The fourth-order valence-corrected chi connectivity index (χ4v) is 2.87. The molecule has 20 heavy (non-hydrogen) atoms. The second kappa shape index (κ2) is 7.31. The zero-order valence-corrected chi connectivity index (χ0v) is 13.0. The molecule has 0 saturated carbocycles. The Balaban J connectivity index is 1.76. The average molecular weight is 291 g/mol. The smallest absolute Gasteiger partial charge is 0.161 e. The fraction of sp³-hybridized carbons (Fsp3) is 0.375. The predicted octanol–water partition coefficient (Wildman–Crippen LogP) is 3.79. The number of nitrogens with one attached hydrogen (secondary N) is 1. The Morgan fingerprint density at radius 1 is 1.15 bits per heavy atom. The van der Waals surface area contributed by atoms with Gasteiger partial charge in [-0.15, -0.1) is 11.3 Å². The van der Waals surface area contributed by atoms with Crippen molar-refractivity contribution in [1.82, 2.24) is 5.32 Å². The number of rotatable bonds is 7. The quantitative estimate of drug-likeness (QED) is 0.787. The van der Waals surface area contributed by atoms with Crippen molar-refractivity contribution in [3.8, 4) is 11.5 Å². The van der Waals surface area contributed by atoms with Crippen LogP contribution in [0.4, 0.5) is 0 Å². The molecule has 108 valence electrons. The van der Waals surface area contributed by atoms with Gasteiger partial charge in [0.2, 0.25) is 0 Å². The van der Waals surface area contributed by atoms with E-state index in [1.807, 2.05) is 35.6 Å². The van der Waals surface area contributed by atoms with Crippen molar-refractivity contribution in [2.45, 2.75) is 19.9 Å². The van der Waals surface area contributed by atoms with E-state index < -0.39 is 0 Å². The van der Waals surface area contributed by atoms with Gasteiger partial charge in [-0.3, -0.25) is 0 Å². The molecule has 3 nitrogen and oxygen atoms in total. The lowest BCUT2D eigenvalue weighted by atomic mass is 10.3. The van der Waals surface area contributed by atoms with Crippen LogP contribution in [0.2, 0.25) is 0 Å². The van der Waals surface area contributed by atoms with E-state index in [2.05, 4.69) is 31.3 Å². The van der Waals surface area contributed by atoms with Crippen LogP contribution in [0.1, 0.15) is 22.7 Å². The number of hydrogen-bond acceptors (Lipinski definition) is 4. The van der Waals surface area contributed by atoms with Gasteiger partial charge in [0.1, 0.15) is 6.61 Å². The molecule has 2 aromatic rings. The molecule has 0 saturated heterocycles. The number of hydrogen-bond donors (Lipinski definition) is 1. The third-order valence-corrected chi connectivity index (χ3v) is 4.25. The molecule has 0 spiro atoms. The van der Waals surface area contributed by atoms with E-state index in [0.29, 0.717) is 12.6 Å². The van der Waals surface area contributed by atoms with Crippen LogP contribution in [0.3, 0.4) is 0 Å². The van der Waals surface area contributed by atoms with E-state index in [-0.39, 0.29) is 0 Å². The van der Waals surface area contributed by atoms with Gasteiger partial charge in [0.25, 0.3) is 0 Å². The van der Waals surface area contributed by atoms with Gasteiger partial charge in [0.05, 0.1) is 7.11 Å². The third kappa shape index (κ3) is 3.99. The van der Waals surface area contributed by atoms with Crippen molar-refractivity contribution in [3.63, 3.8) is 0 Å². The Kier molecular flexibility index (Phi) is 5.44. The normalized spacial score (nSPS) is 12.2. The van der Waals surface area contributed by atoms with Crippen molar-refractivity contribution in [2.24, 2.45) is 0 Å². The summed E-state index contributed by atoms with van der Waals surface area (Å²) < 4.78 is 11.0. The van der Waals surface area contributed by atoms with Gasteiger partial charge >= 0.3 is 0 Å². The van der Waals surface area contributed by atoms with E-state index in [1.165, 1.54) is 9.75 Å². The lowest BCUT2D eigenvalue weighted by molar-refractivity contribution is 0.288. The number of aryl methyl sites for hydroxylation is 1. The maximum atomic E-state index is 5.74. The monoisotopic (exact) mass is 291 g/mol. The molecule has 0 aliphatic carbocycles. The molecule has 0 amide bonds. The Morgan fingerprint density at radius 3 is 2.55 bits per heavy atom. The first-order valence-corrected chi connectivity index (χ1v) is 7.58. The Bertz CT molecular complexity index is 539. The van der Waals surface area contributed by atoms with Gasteiger partial charge < -0.3 is 14.8 Å². The summed E-state index contributed by atoms with van der Waals surface area (Å²) in [5.41, 5.74) is 0. The zero-order chi connectivity index (χ0) is 14.4. The lowest BCUT2D eigenvalue weighted by Gasteiger charge is -2.14. The molecule has 1 aromatic heterocycles. The van der Waals surface area contributed by atoms with Crippen LogP contribution in [0.15, 0.2) is 36.4 Å². The maximum Gasteiger partial charge on any atom is 0.161 e. The number of methoxy groups -OCH3 is 1.